The Bertz CT molecular complexity index is 872. The van der Waals surface area contributed by atoms with Crippen molar-refractivity contribution < 1.29 is 17.9 Å². The number of ether oxygens (including phenoxy) is 1. The summed E-state index contributed by atoms with van der Waals surface area (Å²) in [5.41, 5.74) is 0.995. The van der Waals surface area contributed by atoms with Gasteiger partial charge in [-0.3, -0.25) is 0 Å². The van der Waals surface area contributed by atoms with Crippen LogP contribution in [0.4, 0.5) is 30.2 Å². The lowest BCUT2D eigenvalue weighted by Crippen LogP contribution is -2.13. The third-order valence-corrected chi connectivity index (χ3v) is 6.38. The van der Waals surface area contributed by atoms with Gasteiger partial charge in [-0.05, 0) is 68.7 Å². The molecule has 2 N–H and O–H groups in total. The van der Waals surface area contributed by atoms with E-state index < -0.39 is 17.5 Å². The summed E-state index contributed by atoms with van der Waals surface area (Å²) in [6, 6.07) is 5.61. The normalized spacial score (nSPS) is 17.2. The summed E-state index contributed by atoms with van der Waals surface area (Å²) in [4.78, 5) is 0. The third-order valence-electron chi connectivity index (χ3n) is 5.03. The standard InChI is InChI=1S/C20H21F3N2OS.C2H6/c1-12-4-5-15(13(21)10-12)24-19-17(23)14(22)11-16-18(19)25-27-20(7-8-20)6-2-3-9-26-16;1-2/h4-5,10-11,24-25H,2-3,6-9H2,1H3;1-2H3. The monoisotopic (exact) mass is 424 g/mol. The quantitative estimate of drug-likeness (QED) is 0.494. The van der Waals surface area contributed by atoms with Gasteiger partial charge in [-0.2, -0.15) is 0 Å². The van der Waals surface area contributed by atoms with Crippen molar-refractivity contribution in [3.63, 3.8) is 0 Å². The van der Waals surface area contributed by atoms with Crippen LogP contribution in [0.1, 0.15) is 51.5 Å². The molecule has 0 bridgehead atoms. The molecule has 1 fully saturated rings. The molecule has 0 radical (unpaired) electrons. The minimum Gasteiger partial charge on any atom is -0.491 e. The van der Waals surface area contributed by atoms with Crippen LogP contribution in [0.15, 0.2) is 24.3 Å². The number of benzene rings is 2. The second-order valence-corrected chi connectivity index (χ2v) is 8.50. The van der Waals surface area contributed by atoms with E-state index >= 15 is 0 Å². The Morgan fingerprint density at radius 1 is 1.03 bits per heavy atom. The number of fused-ring (bicyclic) bond motifs is 1. The lowest BCUT2D eigenvalue weighted by Gasteiger charge is -2.23. The first-order valence-electron chi connectivity index (χ1n) is 10.1. The van der Waals surface area contributed by atoms with Gasteiger partial charge in [-0.1, -0.05) is 19.9 Å². The minimum atomic E-state index is -1.06. The molecule has 4 rings (SSSR count). The molecule has 0 unspecified atom stereocenters. The largest absolute Gasteiger partial charge is 0.491 e. The van der Waals surface area contributed by atoms with Crippen molar-refractivity contribution in [3.8, 4) is 5.75 Å². The molecule has 1 heterocycles. The maximum absolute atomic E-state index is 14.6. The van der Waals surface area contributed by atoms with Gasteiger partial charge in [0.25, 0.3) is 0 Å². The Labute approximate surface area is 174 Å². The van der Waals surface area contributed by atoms with Crippen molar-refractivity contribution in [2.24, 2.45) is 0 Å². The first kappa shape index (κ1) is 21.7. The first-order chi connectivity index (χ1) is 14.0. The average molecular weight is 425 g/mol. The van der Waals surface area contributed by atoms with E-state index in [2.05, 4.69) is 10.0 Å². The molecule has 1 spiro atoms. The van der Waals surface area contributed by atoms with Gasteiger partial charge in [-0.15, -0.1) is 0 Å². The first-order valence-corrected chi connectivity index (χ1v) is 10.9. The zero-order valence-corrected chi connectivity index (χ0v) is 17.8. The maximum atomic E-state index is 14.6. The summed E-state index contributed by atoms with van der Waals surface area (Å²) in [6.45, 7) is 6.19. The van der Waals surface area contributed by atoms with Crippen LogP contribution >= 0.6 is 11.9 Å². The highest BCUT2D eigenvalue weighted by Gasteiger charge is 2.43. The molecule has 7 heteroatoms. The molecule has 1 saturated carbocycles. The van der Waals surface area contributed by atoms with Crippen LogP contribution in [-0.2, 0) is 0 Å². The molecule has 2 aromatic rings. The van der Waals surface area contributed by atoms with Gasteiger partial charge < -0.3 is 14.8 Å². The van der Waals surface area contributed by atoms with E-state index in [4.69, 9.17) is 4.74 Å². The lowest BCUT2D eigenvalue weighted by molar-refractivity contribution is 0.303. The van der Waals surface area contributed by atoms with E-state index in [1.54, 1.807) is 13.0 Å². The van der Waals surface area contributed by atoms with E-state index in [-0.39, 0.29) is 21.9 Å². The molecule has 29 heavy (non-hydrogen) atoms. The number of aryl methyl sites for hydroxylation is 1. The topological polar surface area (TPSA) is 33.3 Å². The van der Waals surface area contributed by atoms with Gasteiger partial charge >= 0.3 is 0 Å². The van der Waals surface area contributed by atoms with Gasteiger partial charge in [-0.25, -0.2) is 13.2 Å². The predicted octanol–water partition coefficient (Wildman–Crippen LogP) is 7.34. The van der Waals surface area contributed by atoms with Crippen molar-refractivity contribution in [2.75, 3.05) is 16.6 Å². The molecule has 158 valence electrons. The highest BCUT2D eigenvalue weighted by molar-refractivity contribution is 8.02. The van der Waals surface area contributed by atoms with Crippen molar-refractivity contribution in [2.45, 2.75) is 57.6 Å². The molecule has 0 saturated heterocycles. The van der Waals surface area contributed by atoms with E-state index in [0.29, 0.717) is 12.3 Å². The SMILES string of the molecule is CC.Cc1ccc(Nc2c(F)c(F)cc3c2NSC2(CCCCO3)CC2)c(F)c1. The summed E-state index contributed by atoms with van der Waals surface area (Å²) in [6.07, 6.45) is 5.14. The Morgan fingerprint density at radius 2 is 1.79 bits per heavy atom. The fourth-order valence-electron chi connectivity index (χ4n) is 3.22. The van der Waals surface area contributed by atoms with Gasteiger partial charge in [0.15, 0.2) is 11.6 Å². The second kappa shape index (κ2) is 9.20. The van der Waals surface area contributed by atoms with E-state index in [0.717, 1.165) is 43.7 Å². The predicted molar refractivity (Wildman–Crippen MR) is 115 cm³/mol. The van der Waals surface area contributed by atoms with Crippen LogP contribution in [0, 0.1) is 24.4 Å². The average Bonchev–Trinajstić information content (AvgIpc) is 3.48. The molecule has 1 aliphatic heterocycles. The maximum Gasteiger partial charge on any atom is 0.184 e. The summed E-state index contributed by atoms with van der Waals surface area (Å²) in [5, 5.41) is 2.72. The number of anilines is 3. The molecular weight excluding hydrogens is 397 g/mol. The summed E-state index contributed by atoms with van der Waals surface area (Å²) in [5.74, 6) is -2.39. The van der Waals surface area contributed by atoms with Gasteiger partial charge in [0.05, 0.1) is 12.3 Å². The number of nitrogens with one attached hydrogen (secondary N) is 2. The molecule has 3 nitrogen and oxygen atoms in total. The van der Waals surface area contributed by atoms with Crippen LogP contribution < -0.4 is 14.8 Å². The molecule has 2 aliphatic rings. The Hall–Kier alpha value is -2.02. The number of hydrogen-bond acceptors (Lipinski definition) is 4. The second-order valence-electron chi connectivity index (χ2n) is 7.22. The lowest BCUT2D eigenvalue weighted by atomic mass is 10.1. The number of hydrogen-bond donors (Lipinski definition) is 2. The summed E-state index contributed by atoms with van der Waals surface area (Å²) in [7, 11) is 0. The fraction of sp³-hybridized carbons (Fsp3) is 0.455. The van der Waals surface area contributed by atoms with Crippen LogP contribution in [-0.4, -0.2) is 11.4 Å². The van der Waals surface area contributed by atoms with Crippen molar-refractivity contribution in [1.29, 1.82) is 0 Å². The van der Waals surface area contributed by atoms with E-state index in [1.165, 1.54) is 24.1 Å². The third kappa shape index (κ3) is 4.94. The Morgan fingerprint density at radius 3 is 2.48 bits per heavy atom. The number of rotatable bonds is 2. The Kier molecular flexibility index (Phi) is 6.88. The highest BCUT2D eigenvalue weighted by atomic mass is 32.2. The van der Waals surface area contributed by atoms with Gasteiger partial charge in [0.2, 0.25) is 0 Å². The smallest absolute Gasteiger partial charge is 0.184 e. The zero-order valence-electron chi connectivity index (χ0n) is 17.0. The van der Waals surface area contributed by atoms with E-state index in [9.17, 15) is 13.2 Å². The van der Waals surface area contributed by atoms with Crippen molar-refractivity contribution >= 4 is 29.0 Å². The van der Waals surface area contributed by atoms with Gasteiger partial charge in [0, 0.05) is 10.8 Å². The van der Waals surface area contributed by atoms with Gasteiger partial charge in [0.1, 0.15) is 22.9 Å². The van der Waals surface area contributed by atoms with Crippen molar-refractivity contribution in [3.05, 3.63) is 47.3 Å². The highest BCUT2D eigenvalue weighted by Crippen LogP contribution is 2.54. The molecule has 0 atom stereocenters. The Balaban J connectivity index is 0.00000117. The molecule has 0 aromatic heterocycles. The minimum absolute atomic E-state index is 0.0809. The van der Waals surface area contributed by atoms with Crippen LogP contribution in [0.5, 0.6) is 5.75 Å². The van der Waals surface area contributed by atoms with Crippen molar-refractivity contribution in [1.82, 2.24) is 0 Å². The molecular formula is C22H27F3N2OS. The molecule has 2 aromatic carbocycles. The van der Waals surface area contributed by atoms with Crippen LogP contribution in [0.3, 0.4) is 0 Å². The number of halogens is 3. The van der Waals surface area contributed by atoms with E-state index in [1.807, 2.05) is 13.8 Å². The summed E-state index contributed by atoms with van der Waals surface area (Å²) >= 11 is 1.52. The molecule has 0 amide bonds. The zero-order chi connectivity index (χ0) is 21.0. The van der Waals surface area contributed by atoms with Crippen LogP contribution in [0.2, 0.25) is 0 Å². The fourth-order valence-corrected chi connectivity index (χ4v) is 4.30. The molecule has 1 aliphatic carbocycles. The van der Waals surface area contributed by atoms with Crippen LogP contribution in [0.25, 0.3) is 0 Å². The summed E-state index contributed by atoms with van der Waals surface area (Å²) < 4.78 is 52.1.